The third kappa shape index (κ3) is 8.68. The van der Waals surface area contributed by atoms with E-state index in [-0.39, 0.29) is 16.3 Å². The van der Waals surface area contributed by atoms with Crippen LogP contribution < -0.4 is 14.8 Å². The van der Waals surface area contributed by atoms with E-state index in [9.17, 15) is 27.2 Å². The van der Waals surface area contributed by atoms with Crippen molar-refractivity contribution in [3.63, 3.8) is 0 Å². The maximum atomic E-state index is 13.9. The first-order valence-corrected chi connectivity index (χ1v) is 14.1. The Morgan fingerprint density at radius 3 is 2.51 bits per heavy atom. The summed E-state index contributed by atoms with van der Waals surface area (Å²) < 4.78 is 62.2. The van der Waals surface area contributed by atoms with E-state index in [4.69, 9.17) is 16.3 Å². The Morgan fingerprint density at radius 2 is 1.80 bits per heavy atom. The van der Waals surface area contributed by atoms with Crippen molar-refractivity contribution in [2.45, 2.75) is 30.8 Å². The predicted octanol–water partition coefficient (Wildman–Crippen LogP) is 6.75. The molecule has 41 heavy (non-hydrogen) atoms. The van der Waals surface area contributed by atoms with Crippen molar-refractivity contribution in [3.8, 4) is 5.75 Å². The smallest absolute Gasteiger partial charge is 0.416 e. The van der Waals surface area contributed by atoms with Crippen LogP contribution in [0.1, 0.15) is 39.9 Å². The summed E-state index contributed by atoms with van der Waals surface area (Å²) in [6.07, 6.45) is -2.34. The number of rotatable bonds is 11. The molecule has 0 atom stereocenters. The van der Waals surface area contributed by atoms with Gasteiger partial charge >= 0.3 is 6.18 Å². The minimum atomic E-state index is -4.85. The van der Waals surface area contributed by atoms with Crippen molar-refractivity contribution >= 4 is 40.9 Å². The van der Waals surface area contributed by atoms with Gasteiger partial charge in [-0.3, -0.25) is 14.3 Å². The molecule has 4 rings (SSSR count). The fraction of sp³-hybridized carbons (Fsp3) is 0.310. The number of ether oxygens (including phenoxy) is 1. The molecular weight excluding hydrogens is 582 g/mol. The number of alkyl halides is 3. The van der Waals surface area contributed by atoms with E-state index in [1.165, 1.54) is 43.0 Å². The second kappa shape index (κ2) is 13.7. The molecule has 1 aliphatic heterocycles. The number of nitrogens with zero attached hydrogens (tertiary/aromatic N) is 1. The van der Waals surface area contributed by atoms with Crippen LogP contribution in [0.4, 0.5) is 23.2 Å². The highest BCUT2D eigenvalue weighted by molar-refractivity contribution is 7.97. The van der Waals surface area contributed by atoms with E-state index in [1.54, 1.807) is 6.07 Å². The molecule has 0 bridgehead atoms. The minimum absolute atomic E-state index is 0.0872. The molecule has 1 amide bonds. The molecule has 0 aromatic heterocycles. The molecule has 0 spiro atoms. The van der Waals surface area contributed by atoms with Crippen molar-refractivity contribution < 1.29 is 31.9 Å². The molecule has 2 N–H and O–H groups in total. The Kier molecular flexibility index (Phi) is 10.3. The molecule has 0 saturated carbocycles. The van der Waals surface area contributed by atoms with Crippen molar-refractivity contribution in [3.05, 3.63) is 87.7 Å². The molecule has 0 aliphatic carbocycles. The van der Waals surface area contributed by atoms with E-state index < -0.39 is 41.4 Å². The quantitative estimate of drug-likeness (QED) is 0.109. The number of amides is 1. The molecule has 12 heteroatoms. The number of ketones is 1. The molecule has 3 aromatic rings. The zero-order chi connectivity index (χ0) is 29.6. The lowest BCUT2D eigenvalue weighted by Crippen LogP contribution is -2.27. The summed E-state index contributed by atoms with van der Waals surface area (Å²) in [6, 6.07) is 11.1. The van der Waals surface area contributed by atoms with Gasteiger partial charge in [0.25, 0.3) is 5.91 Å². The molecule has 1 heterocycles. The summed E-state index contributed by atoms with van der Waals surface area (Å²) in [5.74, 6) is -2.76. The number of hydrogen-bond acceptors (Lipinski definition) is 6. The van der Waals surface area contributed by atoms with Crippen LogP contribution in [0.25, 0.3) is 0 Å². The van der Waals surface area contributed by atoms with Crippen LogP contribution >= 0.6 is 23.5 Å². The molecular formula is C29H28ClF4N3O3S. The summed E-state index contributed by atoms with van der Waals surface area (Å²) >= 11 is 7.52. The lowest BCUT2D eigenvalue weighted by molar-refractivity contribution is -0.137. The van der Waals surface area contributed by atoms with E-state index in [0.717, 1.165) is 36.6 Å². The number of halogens is 5. The zero-order valence-electron chi connectivity index (χ0n) is 22.1. The summed E-state index contributed by atoms with van der Waals surface area (Å²) in [4.78, 5) is 29.1. The number of carbonyl (C=O) groups is 2. The number of aryl methyl sites for hydroxylation is 1. The van der Waals surface area contributed by atoms with Crippen LogP contribution in [0.2, 0.25) is 5.02 Å². The van der Waals surface area contributed by atoms with Gasteiger partial charge in [-0.25, -0.2) is 4.39 Å². The highest BCUT2D eigenvalue weighted by Gasteiger charge is 2.32. The van der Waals surface area contributed by atoms with Crippen LogP contribution in [0, 0.1) is 12.7 Å². The van der Waals surface area contributed by atoms with Gasteiger partial charge in [-0.1, -0.05) is 11.6 Å². The first-order valence-electron chi connectivity index (χ1n) is 12.9. The van der Waals surface area contributed by atoms with E-state index in [2.05, 4.69) is 14.9 Å². The second-order valence-corrected chi connectivity index (χ2v) is 11.0. The van der Waals surface area contributed by atoms with Gasteiger partial charge < -0.3 is 15.0 Å². The lowest BCUT2D eigenvalue weighted by atomic mass is 10.00. The summed E-state index contributed by atoms with van der Waals surface area (Å²) in [7, 11) is 0. The van der Waals surface area contributed by atoms with Gasteiger partial charge in [-0.05, 0) is 105 Å². The van der Waals surface area contributed by atoms with Crippen molar-refractivity contribution in [1.82, 2.24) is 9.62 Å². The average Bonchev–Trinajstić information content (AvgIpc) is 3.44. The number of benzene rings is 3. The maximum absolute atomic E-state index is 13.9. The largest absolute Gasteiger partial charge is 0.483 e. The third-order valence-electron chi connectivity index (χ3n) is 6.42. The number of likely N-dealkylation sites (tertiary alicyclic amines) is 1. The molecule has 0 radical (unpaired) electrons. The van der Waals surface area contributed by atoms with E-state index in [1.807, 2.05) is 19.1 Å². The Hall–Kier alpha value is -3.12. The standard InChI is InChI=1S/C29H28ClF4N3O3S/c1-18-12-23(41-35-8-11-37-9-2-3-10-37)5-6-25(18)36-27(38)17-40-26-7-4-21(30)16-24(26)28(39)19-13-20(29(32,33)34)15-22(31)14-19/h4-7,12-16,35H,2-3,8-11,17H2,1H3,(H,36,38). The number of carbonyl (C=O) groups excluding carboxylic acids is 2. The predicted molar refractivity (Wildman–Crippen MR) is 151 cm³/mol. The van der Waals surface area contributed by atoms with E-state index in [0.29, 0.717) is 23.9 Å². The van der Waals surface area contributed by atoms with Gasteiger partial charge in [-0.15, -0.1) is 0 Å². The van der Waals surface area contributed by atoms with Gasteiger partial charge in [0, 0.05) is 34.3 Å². The van der Waals surface area contributed by atoms with Crippen LogP contribution in [-0.4, -0.2) is 49.4 Å². The maximum Gasteiger partial charge on any atom is 0.416 e. The first kappa shape index (κ1) is 30.8. The van der Waals surface area contributed by atoms with E-state index >= 15 is 0 Å². The fourth-order valence-electron chi connectivity index (χ4n) is 4.36. The highest BCUT2D eigenvalue weighted by atomic mass is 35.5. The Bertz CT molecular complexity index is 1410. The van der Waals surface area contributed by atoms with Crippen LogP contribution in [0.5, 0.6) is 5.75 Å². The van der Waals surface area contributed by atoms with Gasteiger partial charge in [0.1, 0.15) is 11.6 Å². The van der Waals surface area contributed by atoms with Crippen LogP contribution in [-0.2, 0) is 11.0 Å². The topological polar surface area (TPSA) is 70.7 Å². The van der Waals surface area contributed by atoms with Gasteiger partial charge in [-0.2, -0.15) is 13.2 Å². The lowest BCUT2D eigenvalue weighted by Gasteiger charge is -2.15. The number of nitrogens with one attached hydrogen (secondary N) is 2. The molecule has 3 aromatic carbocycles. The molecule has 1 aliphatic rings. The first-order chi connectivity index (χ1) is 19.5. The Labute approximate surface area is 244 Å². The van der Waals surface area contributed by atoms with Gasteiger partial charge in [0.05, 0.1) is 11.1 Å². The number of anilines is 1. The molecule has 218 valence electrons. The monoisotopic (exact) mass is 609 g/mol. The normalized spacial score (nSPS) is 13.8. The fourth-order valence-corrected chi connectivity index (χ4v) is 5.26. The molecule has 1 saturated heterocycles. The Balaban J connectivity index is 1.36. The average molecular weight is 610 g/mol. The molecule has 1 fully saturated rings. The van der Waals surface area contributed by atoms with Gasteiger partial charge in [0.15, 0.2) is 12.4 Å². The molecule has 6 nitrogen and oxygen atoms in total. The summed E-state index contributed by atoms with van der Waals surface area (Å²) in [5.41, 5.74) is -0.639. The van der Waals surface area contributed by atoms with Crippen LogP contribution in [0.3, 0.4) is 0 Å². The second-order valence-electron chi connectivity index (χ2n) is 9.55. The van der Waals surface area contributed by atoms with Crippen molar-refractivity contribution in [1.29, 1.82) is 0 Å². The summed E-state index contributed by atoms with van der Waals surface area (Å²) in [5, 5.41) is 2.86. The molecule has 0 unspecified atom stereocenters. The minimum Gasteiger partial charge on any atom is -0.483 e. The summed E-state index contributed by atoms with van der Waals surface area (Å²) in [6.45, 7) is 5.52. The SMILES string of the molecule is Cc1cc(SNCCN2CCCC2)ccc1NC(=O)COc1ccc(Cl)cc1C(=O)c1cc(F)cc(C(F)(F)F)c1. The van der Waals surface area contributed by atoms with Gasteiger partial charge in [0.2, 0.25) is 0 Å². The number of hydrogen-bond donors (Lipinski definition) is 2. The third-order valence-corrected chi connectivity index (χ3v) is 7.50. The van der Waals surface area contributed by atoms with Crippen molar-refractivity contribution in [2.75, 3.05) is 38.1 Å². The van der Waals surface area contributed by atoms with Crippen LogP contribution in [0.15, 0.2) is 59.5 Å². The zero-order valence-corrected chi connectivity index (χ0v) is 23.7. The Morgan fingerprint density at radius 1 is 1.05 bits per heavy atom. The highest BCUT2D eigenvalue weighted by Crippen LogP contribution is 2.32. The van der Waals surface area contributed by atoms with Crippen molar-refractivity contribution in [2.24, 2.45) is 0 Å².